The van der Waals surface area contributed by atoms with Crippen LogP contribution in [0.15, 0.2) is 48.8 Å². The van der Waals surface area contributed by atoms with Crippen LogP contribution in [0, 0.1) is 6.57 Å². The first-order valence-electron chi connectivity index (χ1n) is 11.6. The highest BCUT2D eigenvalue weighted by Gasteiger charge is 2.33. The molecule has 1 saturated carbocycles. The van der Waals surface area contributed by atoms with Gasteiger partial charge in [-0.1, -0.05) is 23.7 Å². The molecule has 1 amide bonds. The first-order valence-corrected chi connectivity index (χ1v) is 12.0. The minimum Gasteiger partial charge on any atom is -0.392 e. The third-order valence-corrected chi connectivity index (χ3v) is 7.10. The van der Waals surface area contributed by atoms with Crippen LogP contribution in [-0.4, -0.2) is 30.8 Å². The van der Waals surface area contributed by atoms with E-state index in [2.05, 4.69) is 21.1 Å². The molecule has 2 aliphatic rings. The van der Waals surface area contributed by atoms with Crippen molar-refractivity contribution in [3.05, 3.63) is 87.6 Å². The number of benzene rings is 2. The maximum atomic E-state index is 13.4. The quantitative estimate of drug-likeness (QED) is 0.380. The van der Waals surface area contributed by atoms with Crippen LogP contribution in [0.2, 0.25) is 5.02 Å². The van der Waals surface area contributed by atoms with Gasteiger partial charge in [0.15, 0.2) is 11.5 Å². The van der Waals surface area contributed by atoms with Gasteiger partial charge in [-0.3, -0.25) is 9.69 Å². The number of rotatable bonds is 5. The fourth-order valence-electron chi connectivity index (χ4n) is 4.67. The molecule has 0 radical (unpaired) electrons. The summed E-state index contributed by atoms with van der Waals surface area (Å²) in [7, 11) is 1.86. The molecule has 4 aromatic rings. The SMILES string of the molecule is [C-]#[N+]c1ccc(-c2cc(C3CC3)nc(N3Cc4cc(Cl)c(CO)cc4C3=O)c2)c(-c2nncn2C)c1. The normalized spacial score (nSPS) is 14.7. The number of carbonyl (C=O) groups excluding carboxylic acids is 1. The molecule has 0 saturated heterocycles. The van der Waals surface area contributed by atoms with Gasteiger partial charge in [0, 0.05) is 34.8 Å². The molecule has 9 heteroatoms. The summed E-state index contributed by atoms with van der Waals surface area (Å²) in [6, 6.07) is 12.9. The van der Waals surface area contributed by atoms with Gasteiger partial charge in [0.25, 0.3) is 5.91 Å². The van der Waals surface area contributed by atoms with Crippen molar-refractivity contribution in [1.29, 1.82) is 0 Å². The predicted octanol–water partition coefficient (Wildman–Crippen LogP) is 5.28. The minimum absolute atomic E-state index is 0.167. The van der Waals surface area contributed by atoms with Crippen molar-refractivity contribution in [2.45, 2.75) is 31.9 Å². The Morgan fingerprint density at radius 2 is 1.97 bits per heavy atom. The van der Waals surface area contributed by atoms with E-state index >= 15 is 0 Å². The average Bonchev–Trinajstić information content (AvgIpc) is 3.59. The van der Waals surface area contributed by atoms with Crippen molar-refractivity contribution in [1.82, 2.24) is 19.7 Å². The molecule has 1 fully saturated rings. The van der Waals surface area contributed by atoms with Crippen LogP contribution in [0.3, 0.4) is 0 Å². The lowest BCUT2D eigenvalue weighted by molar-refractivity contribution is 0.0995. The third-order valence-electron chi connectivity index (χ3n) is 6.75. The summed E-state index contributed by atoms with van der Waals surface area (Å²) >= 11 is 6.29. The fraction of sp³-hybridized carbons (Fsp3) is 0.222. The molecule has 0 atom stereocenters. The molecule has 2 aromatic carbocycles. The number of nitrogens with zero attached hydrogens (tertiary/aromatic N) is 6. The fourth-order valence-corrected chi connectivity index (χ4v) is 4.91. The molecule has 0 bridgehead atoms. The molecule has 1 N–H and O–H groups in total. The second-order valence-electron chi connectivity index (χ2n) is 9.17. The number of hydrogen-bond acceptors (Lipinski definition) is 5. The van der Waals surface area contributed by atoms with Gasteiger partial charge < -0.3 is 9.67 Å². The van der Waals surface area contributed by atoms with Gasteiger partial charge in [-0.2, -0.15) is 0 Å². The van der Waals surface area contributed by atoms with E-state index in [0.29, 0.717) is 45.9 Å². The molecule has 36 heavy (non-hydrogen) atoms. The molecule has 3 heterocycles. The Morgan fingerprint density at radius 1 is 1.14 bits per heavy atom. The number of aryl methyl sites for hydroxylation is 1. The third kappa shape index (κ3) is 3.73. The Hall–Kier alpha value is -4.06. The summed E-state index contributed by atoms with van der Waals surface area (Å²) in [5, 5.41) is 18.3. The Balaban J connectivity index is 1.49. The summed E-state index contributed by atoms with van der Waals surface area (Å²) in [4.78, 5) is 23.6. The highest BCUT2D eigenvalue weighted by atomic mass is 35.5. The minimum atomic E-state index is -0.232. The van der Waals surface area contributed by atoms with Crippen LogP contribution in [0.4, 0.5) is 11.5 Å². The van der Waals surface area contributed by atoms with E-state index in [1.54, 1.807) is 29.4 Å². The summed E-state index contributed by atoms with van der Waals surface area (Å²) in [5.41, 5.74) is 5.90. The van der Waals surface area contributed by atoms with E-state index in [-0.39, 0.29) is 12.5 Å². The van der Waals surface area contributed by atoms with E-state index in [1.807, 2.05) is 29.8 Å². The molecular weight excluding hydrogens is 476 g/mol. The lowest BCUT2D eigenvalue weighted by atomic mass is 9.97. The molecule has 0 unspecified atom stereocenters. The number of amides is 1. The maximum Gasteiger partial charge on any atom is 0.260 e. The number of anilines is 1. The van der Waals surface area contributed by atoms with Crippen LogP contribution in [0.5, 0.6) is 0 Å². The summed E-state index contributed by atoms with van der Waals surface area (Å²) in [6.07, 6.45) is 3.75. The van der Waals surface area contributed by atoms with E-state index in [0.717, 1.165) is 40.8 Å². The van der Waals surface area contributed by atoms with Gasteiger partial charge in [0.1, 0.15) is 12.1 Å². The number of carbonyl (C=O) groups is 1. The number of pyridine rings is 1. The molecule has 1 aliphatic carbocycles. The molecule has 8 nitrogen and oxygen atoms in total. The molecule has 1 aliphatic heterocycles. The zero-order valence-electron chi connectivity index (χ0n) is 19.4. The number of aliphatic hydroxyl groups excluding tert-OH is 1. The Bertz CT molecular complexity index is 1580. The van der Waals surface area contributed by atoms with Gasteiger partial charge in [0.2, 0.25) is 0 Å². The molecule has 2 aromatic heterocycles. The van der Waals surface area contributed by atoms with Crippen LogP contribution in [-0.2, 0) is 20.2 Å². The smallest absolute Gasteiger partial charge is 0.260 e. The monoisotopic (exact) mass is 496 g/mol. The number of hydrogen-bond donors (Lipinski definition) is 1. The van der Waals surface area contributed by atoms with Gasteiger partial charge >= 0.3 is 0 Å². The number of aromatic nitrogens is 4. The summed E-state index contributed by atoms with van der Waals surface area (Å²) in [6.45, 7) is 7.60. The largest absolute Gasteiger partial charge is 0.392 e. The maximum absolute atomic E-state index is 13.4. The van der Waals surface area contributed by atoms with E-state index in [1.165, 1.54) is 0 Å². The predicted molar refractivity (Wildman–Crippen MR) is 136 cm³/mol. The van der Waals surface area contributed by atoms with Crippen molar-refractivity contribution in [3.8, 4) is 22.5 Å². The second-order valence-corrected chi connectivity index (χ2v) is 9.58. The van der Waals surface area contributed by atoms with Crippen molar-refractivity contribution in [2.24, 2.45) is 7.05 Å². The zero-order chi connectivity index (χ0) is 25.0. The summed E-state index contributed by atoms with van der Waals surface area (Å²) in [5.74, 6) is 1.41. The average molecular weight is 497 g/mol. The van der Waals surface area contributed by atoms with Crippen LogP contribution in [0.25, 0.3) is 27.4 Å². The highest BCUT2D eigenvalue weighted by Crippen LogP contribution is 2.43. The standard InChI is InChI=1S/C27H21ClN6O2/c1-29-19-5-6-20(22(11-19)26-32-30-14-33(26)2)16-9-24(15-3-4-15)31-25(10-16)34-12-17-8-23(28)18(13-35)7-21(17)27(34)36/h5-11,14-15,35H,3-4,12-13H2,2H3. The molecule has 6 rings (SSSR count). The number of halogens is 1. The topological polar surface area (TPSA) is 88.5 Å². The first-order chi connectivity index (χ1) is 17.5. The van der Waals surface area contributed by atoms with Gasteiger partial charge in [-0.05, 0) is 65.4 Å². The van der Waals surface area contributed by atoms with Gasteiger partial charge in [-0.25, -0.2) is 9.83 Å². The second kappa shape index (κ2) is 8.55. The van der Waals surface area contributed by atoms with E-state index in [9.17, 15) is 9.90 Å². The first kappa shape index (κ1) is 22.4. The Kier molecular flexibility index (Phi) is 5.32. The van der Waals surface area contributed by atoms with Crippen molar-refractivity contribution >= 4 is 29.0 Å². The zero-order valence-corrected chi connectivity index (χ0v) is 20.2. The van der Waals surface area contributed by atoms with Crippen molar-refractivity contribution < 1.29 is 9.90 Å². The van der Waals surface area contributed by atoms with E-state index < -0.39 is 0 Å². The number of fused-ring (bicyclic) bond motifs is 1. The lowest BCUT2D eigenvalue weighted by Gasteiger charge is -2.18. The van der Waals surface area contributed by atoms with Crippen LogP contribution >= 0.6 is 11.6 Å². The van der Waals surface area contributed by atoms with Crippen molar-refractivity contribution in [3.63, 3.8) is 0 Å². The van der Waals surface area contributed by atoms with E-state index in [4.69, 9.17) is 23.2 Å². The number of aliphatic hydroxyl groups is 1. The molecular formula is C27H21ClN6O2. The van der Waals surface area contributed by atoms with Gasteiger partial charge in [-0.15, -0.1) is 10.2 Å². The lowest BCUT2D eigenvalue weighted by Crippen LogP contribution is -2.24. The van der Waals surface area contributed by atoms with Crippen molar-refractivity contribution in [2.75, 3.05) is 4.90 Å². The van der Waals surface area contributed by atoms with Crippen LogP contribution < -0.4 is 4.90 Å². The molecule has 178 valence electrons. The van der Waals surface area contributed by atoms with Crippen LogP contribution in [0.1, 0.15) is 45.9 Å². The Morgan fingerprint density at radius 3 is 2.67 bits per heavy atom. The van der Waals surface area contributed by atoms with Gasteiger partial charge in [0.05, 0.1) is 19.7 Å². The molecule has 0 spiro atoms. The highest BCUT2D eigenvalue weighted by molar-refractivity contribution is 6.31. The summed E-state index contributed by atoms with van der Waals surface area (Å²) < 4.78 is 1.82. The Labute approximate surface area is 212 Å².